The van der Waals surface area contributed by atoms with Crippen molar-refractivity contribution in [2.75, 3.05) is 20.1 Å². The van der Waals surface area contributed by atoms with E-state index in [0.717, 1.165) is 32.5 Å². The number of hydrogen-bond acceptors (Lipinski definition) is 5. The summed E-state index contributed by atoms with van der Waals surface area (Å²) in [5, 5.41) is 7.60. The summed E-state index contributed by atoms with van der Waals surface area (Å²) in [6, 6.07) is 14.4. The minimum Gasteiger partial charge on any atom is -0.337 e. The molecule has 7 heteroatoms. The summed E-state index contributed by atoms with van der Waals surface area (Å²) in [7, 11) is 2.14. The number of hydrogen-bond donors (Lipinski definition) is 0. The molecule has 0 unspecified atom stereocenters. The molecule has 3 heterocycles. The topological polar surface area (TPSA) is 67.2 Å². The first-order chi connectivity index (χ1) is 13.7. The lowest BCUT2D eigenvalue weighted by atomic mass is 10.0. The minimum atomic E-state index is 0.0505. The Hall–Kier alpha value is -3.06. The lowest BCUT2D eigenvalue weighted by molar-refractivity contribution is 0.0602. The first-order valence-corrected chi connectivity index (χ1v) is 9.55. The number of piperidine rings is 1. The maximum absolute atomic E-state index is 13.1. The highest BCUT2D eigenvalue weighted by Crippen LogP contribution is 2.19. The average molecular weight is 376 g/mol. The molecule has 1 aliphatic rings. The summed E-state index contributed by atoms with van der Waals surface area (Å²) in [6.07, 6.45) is 6.93. The van der Waals surface area contributed by atoms with Crippen molar-refractivity contribution >= 4 is 5.91 Å². The normalized spacial score (nSPS) is 17.1. The molecule has 2 aromatic heterocycles. The van der Waals surface area contributed by atoms with Crippen molar-refractivity contribution in [2.45, 2.75) is 25.4 Å². The lowest BCUT2D eigenvalue weighted by Gasteiger charge is -2.37. The Bertz CT molecular complexity index is 912. The summed E-state index contributed by atoms with van der Waals surface area (Å²) in [4.78, 5) is 21.7. The Balaban J connectivity index is 1.44. The van der Waals surface area contributed by atoms with Crippen LogP contribution in [0.2, 0.25) is 0 Å². The molecule has 1 fully saturated rings. The largest absolute Gasteiger partial charge is 0.337 e. The molecular weight excluding hydrogens is 352 g/mol. The van der Waals surface area contributed by atoms with Gasteiger partial charge in [0, 0.05) is 37.4 Å². The number of carbonyl (C=O) groups excluding carboxylic acids is 1. The quantitative estimate of drug-likeness (QED) is 0.684. The van der Waals surface area contributed by atoms with Crippen LogP contribution in [-0.4, -0.2) is 61.6 Å². The van der Waals surface area contributed by atoms with Crippen LogP contribution in [0.5, 0.6) is 0 Å². The van der Waals surface area contributed by atoms with Crippen LogP contribution < -0.4 is 0 Å². The van der Waals surface area contributed by atoms with E-state index in [0.29, 0.717) is 17.4 Å². The van der Waals surface area contributed by atoms with E-state index in [2.05, 4.69) is 51.4 Å². The first kappa shape index (κ1) is 18.3. The van der Waals surface area contributed by atoms with E-state index in [1.54, 1.807) is 35.6 Å². The standard InChI is InChI=1S/C21H24N6O/c1-25(13-17-6-3-2-4-7-17)19-8-5-11-26(14-19)21(28)18-9-10-22-20(12-18)27-15-23-24-16-27/h2-4,6-7,9-10,12,15-16,19H,5,8,11,13-14H2,1H3/t19-/m0/s1. The van der Waals surface area contributed by atoms with Crippen molar-refractivity contribution in [2.24, 2.45) is 0 Å². The van der Waals surface area contributed by atoms with Crippen LogP contribution in [0.25, 0.3) is 5.82 Å². The molecule has 1 aliphatic heterocycles. The number of carbonyl (C=O) groups is 1. The van der Waals surface area contributed by atoms with Gasteiger partial charge in [-0.3, -0.25) is 14.3 Å². The molecule has 0 saturated carbocycles. The van der Waals surface area contributed by atoms with Gasteiger partial charge < -0.3 is 4.90 Å². The van der Waals surface area contributed by atoms with Gasteiger partial charge in [0.2, 0.25) is 0 Å². The number of nitrogens with zero attached hydrogens (tertiary/aromatic N) is 6. The summed E-state index contributed by atoms with van der Waals surface area (Å²) < 4.78 is 1.70. The number of pyridine rings is 1. The third-order valence-electron chi connectivity index (χ3n) is 5.26. The zero-order valence-electron chi connectivity index (χ0n) is 16.0. The molecule has 7 nitrogen and oxygen atoms in total. The Morgan fingerprint density at radius 2 is 1.96 bits per heavy atom. The molecule has 3 aromatic rings. The predicted octanol–water partition coefficient (Wildman–Crippen LogP) is 2.40. The molecule has 0 bridgehead atoms. The zero-order chi connectivity index (χ0) is 19.3. The molecule has 144 valence electrons. The highest BCUT2D eigenvalue weighted by atomic mass is 16.2. The van der Waals surface area contributed by atoms with Crippen molar-refractivity contribution in [1.82, 2.24) is 29.5 Å². The lowest BCUT2D eigenvalue weighted by Crippen LogP contribution is -2.48. The zero-order valence-corrected chi connectivity index (χ0v) is 16.0. The van der Waals surface area contributed by atoms with Crippen molar-refractivity contribution in [3.05, 3.63) is 72.4 Å². The van der Waals surface area contributed by atoms with Crippen LogP contribution in [0.4, 0.5) is 0 Å². The van der Waals surface area contributed by atoms with E-state index < -0.39 is 0 Å². The van der Waals surface area contributed by atoms with Crippen LogP contribution in [-0.2, 0) is 6.54 Å². The van der Waals surface area contributed by atoms with Gasteiger partial charge in [-0.15, -0.1) is 10.2 Å². The maximum atomic E-state index is 13.1. The molecule has 1 amide bonds. The molecule has 1 saturated heterocycles. The molecule has 28 heavy (non-hydrogen) atoms. The first-order valence-electron chi connectivity index (χ1n) is 9.55. The monoisotopic (exact) mass is 376 g/mol. The molecule has 1 atom stereocenters. The van der Waals surface area contributed by atoms with Crippen LogP contribution in [0.15, 0.2) is 61.3 Å². The second kappa shape index (κ2) is 8.31. The average Bonchev–Trinajstić information content (AvgIpc) is 3.29. The number of amides is 1. The fraction of sp³-hybridized carbons (Fsp3) is 0.333. The van der Waals surface area contributed by atoms with Gasteiger partial charge in [0.15, 0.2) is 0 Å². The van der Waals surface area contributed by atoms with Crippen LogP contribution in [0.1, 0.15) is 28.8 Å². The van der Waals surface area contributed by atoms with E-state index in [4.69, 9.17) is 0 Å². The predicted molar refractivity (Wildman–Crippen MR) is 106 cm³/mol. The summed E-state index contributed by atoms with van der Waals surface area (Å²) in [5.41, 5.74) is 1.94. The number of benzene rings is 1. The second-order valence-corrected chi connectivity index (χ2v) is 7.22. The second-order valence-electron chi connectivity index (χ2n) is 7.22. The SMILES string of the molecule is CN(Cc1ccccc1)[C@H]1CCCN(C(=O)c2ccnc(-n3cnnc3)c2)C1. The van der Waals surface area contributed by atoms with Crippen molar-refractivity contribution in [3.63, 3.8) is 0 Å². The summed E-state index contributed by atoms with van der Waals surface area (Å²) in [6.45, 7) is 2.42. The summed E-state index contributed by atoms with van der Waals surface area (Å²) >= 11 is 0. The highest BCUT2D eigenvalue weighted by Gasteiger charge is 2.27. The number of aromatic nitrogens is 4. The fourth-order valence-electron chi connectivity index (χ4n) is 3.69. The minimum absolute atomic E-state index is 0.0505. The van der Waals surface area contributed by atoms with E-state index in [1.165, 1.54) is 5.56 Å². The Morgan fingerprint density at radius 1 is 1.18 bits per heavy atom. The number of likely N-dealkylation sites (tertiary alicyclic amines) is 1. The van der Waals surface area contributed by atoms with Gasteiger partial charge in [0.05, 0.1) is 0 Å². The third kappa shape index (κ3) is 4.09. The third-order valence-corrected chi connectivity index (χ3v) is 5.26. The van der Waals surface area contributed by atoms with E-state index in [-0.39, 0.29) is 5.91 Å². The molecule has 0 spiro atoms. The van der Waals surface area contributed by atoms with Crippen molar-refractivity contribution < 1.29 is 4.79 Å². The Labute approximate surface area is 164 Å². The van der Waals surface area contributed by atoms with E-state index >= 15 is 0 Å². The van der Waals surface area contributed by atoms with Crippen LogP contribution >= 0.6 is 0 Å². The van der Waals surface area contributed by atoms with Gasteiger partial charge >= 0.3 is 0 Å². The van der Waals surface area contributed by atoms with Gasteiger partial charge in [-0.05, 0) is 37.6 Å². The van der Waals surface area contributed by atoms with Crippen molar-refractivity contribution in [1.29, 1.82) is 0 Å². The molecule has 4 rings (SSSR count). The molecule has 1 aromatic carbocycles. The number of rotatable bonds is 5. The Kier molecular flexibility index (Phi) is 5.43. The fourth-order valence-corrected chi connectivity index (χ4v) is 3.69. The van der Waals surface area contributed by atoms with Crippen LogP contribution in [0.3, 0.4) is 0 Å². The molecule has 0 N–H and O–H groups in total. The van der Waals surface area contributed by atoms with Gasteiger partial charge in [0.25, 0.3) is 5.91 Å². The van der Waals surface area contributed by atoms with E-state index in [9.17, 15) is 4.79 Å². The smallest absolute Gasteiger partial charge is 0.254 e. The van der Waals surface area contributed by atoms with Crippen LogP contribution in [0, 0.1) is 0 Å². The molecule has 0 radical (unpaired) electrons. The van der Waals surface area contributed by atoms with E-state index in [1.807, 2.05) is 11.0 Å². The van der Waals surface area contributed by atoms with Gasteiger partial charge in [-0.2, -0.15) is 0 Å². The molecule has 0 aliphatic carbocycles. The van der Waals surface area contributed by atoms with Gasteiger partial charge in [0.1, 0.15) is 18.5 Å². The van der Waals surface area contributed by atoms with Gasteiger partial charge in [-0.25, -0.2) is 4.98 Å². The number of likely N-dealkylation sites (N-methyl/N-ethyl adjacent to an activating group) is 1. The molecular formula is C21H24N6O. The highest BCUT2D eigenvalue weighted by molar-refractivity contribution is 5.94. The van der Waals surface area contributed by atoms with Gasteiger partial charge in [-0.1, -0.05) is 30.3 Å². The summed E-state index contributed by atoms with van der Waals surface area (Å²) in [5.74, 6) is 0.695. The van der Waals surface area contributed by atoms with Crippen molar-refractivity contribution in [3.8, 4) is 5.82 Å². The maximum Gasteiger partial charge on any atom is 0.254 e. The Morgan fingerprint density at radius 3 is 2.75 bits per heavy atom.